The highest BCUT2D eigenvalue weighted by Gasteiger charge is 2.29. The van der Waals surface area contributed by atoms with Crippen LogP contribution in [0.5, 0.6) is 17.2 Å². The van der Waals surface area contributed by atoms with E-state index >= 15 is 0 Å². The first-order valence-corrected chi connectivity index (χ1v) is 14.9. The molecule has 0 radical (unpaired) electrons. The number of carbonyl (C=O) groups is 1. The van der Waals surface area contributed by atoms with Gasteiger partial charge >= 0.3 is 5.97 Å². The van der Waals surface area contributed by atoms with Crippen LogP contribution < -0.4 is 14.2 Å². The second-order valence-electron chi connectivity index (χ2n) is 10.1. The van der Waals surface area contributed by atoms with Crippen molar-refractivity contribution >= 4 is 15.8 Å². The van der Waals surface area contributed by atoms with Crippen molar-refractivity contribution in [1.29, 1.82) is 0 Å². The summed E-state index contributed by atoms with van der Waals surface area (Å²) in [5.74, 6) is 1.28. The van der Waals surface area contributed by atoms with Crippen molar-refractivity contribution in [3.8, 4) is 28.4 Å². The van der Waals surface area contributed by atoms with Gasteiger partial charge in [0.2, 0.25) is 0 Å². The summed E-state index contributed by atoms with van der Waals surface area (Å²) in [4.78, 5) is 11.1. The Bertz CT molecular complexity index is 1460. The molecule has 1 aliphatic carbocycles. The second kappa shape index (κ2) is 10.7. The number of benzene rings is 3. The fourth-order valence-corrected chi connectivity index (χ4v) is 6.00. The lowest BCUT2D eigenvalue weighted by Gasteiger charge is -2.17. The Labute approximate surface area is 223 Å². The molecule has 200 valence electrons. The molecule has 8 heteroatoms. The number of fused-ring (bicyclic) bond motifs is 2. The molecule has 0 bridgehead atoms. The van der Waals surface area contributed by atoms with Crippen LogP contribution >= 0.6 is 0 Å². The summed E-state index contributed by atoms with van der Waals surface area (Å²) in [6, 6.07) is 18.0. The zero-order valence-corrected chi connectivity index (χ0v) is 22.4. The van der Waals surface area contributed by atoms with Gasteiger partial charge in [-0.15, -0.1) is 0 Å². The highest BCUT2D eigenvalue weighted by molar-refractivity contribution is 7.90. The Morgan fingerprint density at radius 3 is 2.66 bits per heavy atom. The van der Waals surface area contributed by atoms with Crippen LogP contribution in [0.25, 0.3) is 11.1 Å². The maximum atomic E-state index is 11.4. The molecule has 1 N–H and O–H groups in total. The van der Waals surface area contributed by atoms with Gasteiger partial charge in [-0.1, -0.05) is 30.3 Å². The zero-order chi connectivity index (χ0) is 26.9. The molecule has 0 spiro atoms. The molecule has 7 nitrogen and oxygen atoms in total. The number of aliphatic carboxylic acids is 1. The number of hydrogen-bond donors (Lipinski definition) is 1. The summed E-state index contributed by atoms with van der Waals surface area (Å²) >= 11 is 0. The lowest BCUT2D eigenvalue weighted by atomic mass is 9.93. The second-order valence-corrected chi connectivity index (χ2v) is 12.4. The molecule has 0 saturated carbocycles. The van der Waals surface area contributed by atoms with E-state index in [4.69, 9.17) is 19.3 Å². The topological polar surface area (TPSA) is 99.1 Å². The Kier molecular flexibility index (Phi) is 7.34. The molecule has 0 unspecified atom stereocenters. The molecule has 3 aromatic rings. The molecule has 1 heterocycles. The van der Waals surface area contributed by atoms with E-state index in [0.29, 0.717) is 31.1 Å². The molecule has 0 saturated heterocycles. The largest absolute Gasteiger partial charge is 0.494 e. The number of carboxylic acid groups (broad SMARTS) is 1. The van der Waals surface area contributed by atoms with E-state index in [9.17, 15) is 13.2 Å². The maximum Gasteiger partial charge on any atom is 0.304 e. The smallest absolute Gasteiger partial charge is 0.304 e. The predicted octanol–water partition coefficient (Wildman–Crippen LogP) is 5.49. The lowest BCUT2D eigenvalue weighted by Crippen LogP contribution is -2.08. The number of ether oxygens (including phenoxy) is 3. The van der Waals surface area contributed by atoms with E-state index in [-0.39, 0.29) is 24.2 Å². The molecule has 2 atom stereocenters. The first-order valence-electron chi connectivity index (χ1n) is 12.9. The molecule has 1 aliphatic heterocycles. The Hall–Kier alpha value is -3.52. The van der Waals surface area contributed by atoms with Gasteiger partial charge in [0.05, 0.1) is 25.4 Å². The summed E-state index contributed by atoms with van der Waals surface area (Å²) in [6.07, 6.45) is 3.40. The van der Waals surface area contributed by atoms with Gasteiger partial charge in [0.1, 0.15) is 33.2 Å². The van der Waals surface area contributed by atoms with E-state index in [2.05, 4.69) is 25.1 Å². The standard InChI is InChI=1S/C30H32O7S/c1-19-7-8-21(35-13-4-14-38(2,33)34)16-27(19)24-5-3-6-26-25(24)11-12-28(26)37-22-9-10-23-20(15-30(31)32)18-36-29(23)17-22/h3,5-10,16-17,20,28H,4,11-15,18H2,1-2H3,(H,31,32)/t20-,28-/m1/s1. The van der Waals surface area contributed by atoms with Crippen LogP contribution in [0.2, 0.25) is 0 Å². The van der Waals surface area contributed by atoms with Gasteiger partial charge in [-0.05, 0) is 72.2 Å². The van der Waals surface area contributed by atoms with Gasteiger partial charge in [-0.2, -0.15) is 0 Å². The average Bonchev–Trinajstić information content (AvgIpc) is 3.46. The minimum atomic E-state index is -3.00. The number of hydrogen-bond acceptors (Lipinski definition) is 6. The van der Waals surface area contributed by atoms with Gasteiger partial charge in [0.25, 0.3) is 0 Å². The number of carboxylic acids is 1. The van der Waals surface area contributed by atoms with Crippen molar-refractivity contribution in [2.24, 2.45) is 0 Å². The third-order valence-electron chi connectivity index (χ3n) is 7.21. The third kappa shape index (κ3) is 5.80. The van der Waals surface area contributed by atoms with Crippen LogP contribution in [-0.4, -0.2) is 44.7 Å². The van der Waals surface area contributed by atoms with Gasteiger partial charge in [0, 0.05) is 23.8 Å². The average molecular weight is 537 g/mol. The molecule has 0 fully saturated rings. The SMILES string of the molecule is Cc1ccc(OCCCS(C)(=O)=O)cc1-c1cccc2c1CC[C@H]2Oc1ccc2c(c1)OC[C@H]2CC(=O)O. The van der Waals surface area contributed by atoms with E-state index in [1.165, 1.54) is 11.8 Å². The van der Waals surface area contributed by atoms with Crippen molar-refractivity contribution in [2.75, 3.05) is 25.2 Å². The highest BCUT2D eigenvalue weighted by Crippen LogP contribution is 2.43. The molecular formula is C30H32O7S. The molecule has 3 aromatic carbocycles. The van der Waals surface area contributed by atoms with Crippen molar-refractivity contribution < 1.29 is 32.5 Å². The van der Waals surface area contributed by atoms with Crippen LogP contribution in [0.1, 0.15) is 53.5 Å². The molecule has 5 rings (SSSR count). The summed E-state index contributed by atoms with van der Waals surface area (Å²) in [5.41, 5.74) is 6.72. The molecular weight excluding hydrogens is 504 g/mol. The monoisotopic (exact) mass is 536 g/mol. The van der Waals surface area contributed by atoms with Gasteiger partial charge < -0.3 is 19.3 Å². The first kappa shape index (κ1) is 26.1. The van der Waals surface area contributed by atoms with Gasteiger partial charge in [-0.25, -0.2) is 8.42 Å². The predicted molar refractivity (Wildman–Crippen MR) is 145 cm³/mol. The van der Waals surface area contributed by atoms with E-state index in [1.54, 1.807) is 0 Å². The fraction of sp³-hybridized carbons (Fsp3) is 0.367. The van der Waals surface area contributed by atoms with Crippen LogP contribution in [0.3, 0.4) is 0 Å². The van der Waals surface area contributed by atoms with Crippen LogP contribution in [0.4, 0.5) is 0 Å². The quantitative estimate of drug-likeness (QED) is 0.342. The zero-order valence-electron chi connectivity index (χ0n) is 21.6. The Morgan fingerprint density at radius 2 is 1.87 bits per heavy atom. The molecule has 2 aliphatic rings. The van der Waals surface area contributed by atoms with E-state index in [1.807, 2.05) is 36.4 Å². The number of sulfone groups is 1. The van der Waals surface area contributed by atoms with Crippen molar-refractivity contribution in [3.05, 3.63) is 76.9 Å². The van der Waals surface area contributed by atoms with Crippen molar-refractivity contribution in [1.82, 2.24) is 0 Å². The highest BCUT2D eigenvalue weighted by atomic mass is 32.2. The number of aryl methyl sites for hydroxylation is 1. The minimum Gasteiger partial charge on any atom is -0.494 e. The van der Waals surface area contributed by atoms with E-state index < -0.39 is 15.8 Å². The summed E-state index contributed by atoms with van der Waals surface area (Å²) in [5, 5.41) is 9.14. The fourth-order valence-electron chi connectivity index (χ4n) is 5.36. The van der Waals surface area contributed by atoms with Crippen LogP contribution in [0, 0.1) is 6.92 Å². The third-order valence-corrected chi connectivity index (χ3v) is 8.24. The normalized spacial score (nSPS) is 17.9. The molecule has 38 heavy (non-hydrogen) atoms. The Morgan fingerprint density at radius 1 is 1.05 bits per heavy atom. The lowest BCUT2D eigenvalue weighted by molar-refractivity contribution is -0.137. The Balaban J connectivity index is 1.32. The van der Waals surface area contributed by atoms with Gasteiger partial charge in [0.15, 0.2) is 0 Å². The maximum absolute atomic E-state index is 11.4. The van der Waals surface area contributed by atoms with Crippen molar-refractivity contribution in [2.45, 2.75) is 44.6 Å². The molecule has 0 aromatic heterocycles. The summed E-state index contributed by atoms with van der Waals surface area (Å²) < 4.78 is 40.8. The summed E-state index contributed by atoms with van der Waals surface area (Å²) in [7, 11) is -3.00. The van der Waals surface area contributed by atoms with Crippen molar-refractivity contribution in [3.63, 3.8) is 0 Å². The number of rotatable bonds is 10. The molecule has 0 amide bonds. The van der Waals surface area contributed by atoms with Crippen LogP contribution in [-0.2, 0) is 21.1 Å². The minimum absolute atomic E-state index is 0.0539. The van der Waals surface area contributed by atoms with E-state index in [0.717, 1.165) is 46.4 Å². The van der Waals surface area contributed by atoms with Crippen LogP contribution in [0.15, 0.2) is 54.6 Å². The van der Waals surface area contributed by atoms with Gasteiger partial charge in [-0.3, -0.25) is 4.79 Å². The first-order chi connectivity index (χ1) is 18.2. The summed E-state index contributed by atoms with van der Waals surface area (Å²) in [6.45, 7) is 2.80.